The van der Waals surface area contributed by atoms with E-state index in [2.05, 4.69) is 16.1 Å². The molecule has 2 amide bonds. The fourth-order valence-electron chi connectivity index (χ4n) is 5.41. The quantitative estimate of drug-likeness (QED) is 0.726. The van der Waals surface area contributed by atoms with Gasteiger partial charge >= 0.3 is 6.03 Å². The number of carbonyl (C=O) groups is 1. The van der Waals surface area contributed by atoms with Gasteiger partial charge in [-0.05, 0) is 55.7 Å². The zero-order valence-electron chi connectivity index (χ0n) is 16.7. The molecule has 156 valence electrons. The van der Waals surface area contributed by atoms with E-state index < -0.39 is 27.4 Å². The van der Waals surface area contributed by atoms with Crippen LogP contribution >= 0.6 is 0 Å². The summed E-state index contributed by atoms with van der Waals surface area (Å²) in [6.45, 7) is 3.69. The SMILES string of the molecule is CCN1CC(OC)C(S(=O)(=O)NC(=O)NC2=C3CCCC3=CC3CCCC23)C1. The Morgan fingerprint density at radius 3 is 2.82 bits per heavy atom. The third-order valence-corrected chi connectivity index (χ3v) is 8.58. The topological polar surface area (TPSA) is 87.7 Å². The fourth-order valence-corrected chi connectivity index (χ4v) is 6.87. The van der Waals surface area contributed by atoms with E-state index in [0.717, 1.165) is 50.8 Å². The van der Waals surface area contributed by atoms with Crippen LogP contribution < -0.4 is 10.0 Å². The van der Waals surface area contributed by atoms with E-state index in [1.54, 1.807) is 0 Å². The number of ether oxygens (including phenoxy) is 1. The number of rotatable bonds is 5. The van der Waals surface area contributed by atoms with Gasteiger partial charge in [-0.1, -0.05) is 19.4 Å². The third-order valence-electron chi connectivity index (χ3n) is 6.86. The number of fused-ring (bicyclic) bond motifs is 2. The van der Waals surface area contributed by atoms with Gasteiger partial charge in [0.1, 0.15) is 5.25 Å². The first kappa shape index (κ1) is 19.9. The molecule has 0 bridgehead atoms. The van der Waals surface area contributed by atoms with Crippen LogP contribution in [0.4, 0.5) is 4.79 Å². The van der Waals surface area contributed by atoms with Crippen LogP contribution in [0.5, 0.6) is 0 Å². The molecule has 1 saturated heterocycles. The predicted molar refractivity (Wildman–Crippen MR) is 107 cm³/mol. The summed E-state index contributed by atoms with van der Waals surface area (Å²) in [6.07, 6.45) is 8.48. The highest BCUT2D eigenvalue weighted by molar-refractivity contribution is 7.90. The molecule has 1 heterocycles. The van der Waals surface area contributed by atoms with E-state index in [-0.39, 0.29) is 0 Å². The number of nitrogens with zero attached hydrogens (tertiary/aromatic N) is 1. The summed E-state index contributed by atoms with van der Waals surface area (Å²) in [5, 5.41) is 2.21. The second kappa shape index (κ2) is 7.80. The predicted octanol–water partition coefficient (Wildman–Crippen LogP) is 2.13. The normalized spacial score (nSPS) is 32.9. The van der Waals surface area contributed by atoms with Gasteiger partial charge in [-0.15, -0.1) is 0 Å². The fraction of sp³-hybridized carbons (Fsp3) is 0.750. The molecule has 28 heavy (non-hydrogen) atoms. The highest BCUT2D eigenvalue weighted by Crippen LogP contribution is 2.47. The molecule has 4 rings (SSSR count). The minimum atomic E-state index is -3.82. The number of methoxy groups -OCH3 is 1. The number of nitrogens with one attached hydrogen (secondary N) is 2. The molecule has 3 fully saturated rings. The van der Waals surface area contributed by atoms with E-state index in [1.165, 1.54) is 18.3 Å². The molecule has 0 spiro atoms. The van der Waals surface area contributed by atoms with Gasteiger partial charge in [0.25, 0.3) is 0 Å². The summed E-state index contributed by atoms with van der Waals surface area (Å²) in [6, 6.07) is -0.633. The molecule has 3 aliphatic carbocycles. The smallest absolute Gasteiger partial charge is 0.332 e. The Balaban J connectivity index is 1.49. The Morgan fingerprint density at radius 2 is 2.07 bits per heavy atom. The molecule has 7 nitrogen and oxygen atoms in total. The van der Waals surface area contributed by atoms with Crippen LogP contribution in [0.2, 0.25) is 0 Å². The van der Waals surface area contributed by atoms with Crippen LogP contribution in [0, 0.1) is 11.8 Å². The Kier molecular flexibility index (Phi) is 5.55. The monoisotopic (exact) mass is 409 g/mol. The highest BCUT2D eigenvalue weighted by Gasteiger charge is 2.43. The number of urea groups is 1. The van der Waals surface area contributed by atoms with Crippen molar-refractivity contribution in [2.75, 3.05) is 26.7 Å². The molecule has 0 aromatic rings. The maximum absolute atomic E-state index is 12.9. The lowest BCUT2D eigenvalue weighted by Gasteiger charge is -2.29. The Hall–Kier alpha value is -1.38. The molecule has 2 N–H and O–H groups in total. The van der Waals surface area contributed by atoms with E-state index in [1.807, 2.05) is 11.8 Å². The van der Waals surface area contributed by atoms with Crippen molar-refractivity contribution in [1.82, 2.24) is 14.9 Å². The van der Waals surface area contributed by atoms with Crippen LogP contribution in [-0.2, 0) is 14.8 Å². The van der Waals surface area contributed by atoms with E-state index in [0.29, 0.717) is 24.9 Å². The molecule has 4 unspecified atom stereocenters. The van der Waals surface area contributed by atoms with Gasteiger partial charge in [0.15, 0.2) is 0 Å². The van der Waals surface area contributed by atoms with Crippen molar-refractivity contribution >= 4 is 16.1 Å². The second-order valence-electron chi connectivity index (χ2n) is 8.40. The van der Waals surface area contributed by atoms with Crippen molar-refractivity contribution in [3.63, 3.8) is 0 Å². The van der Waals surface area contributed by atoms with Crippen LogP contribution in [0.1, 0.15) is 45.4 Å². The molecule has 8 heteroatoms. The summed E-state index contributed by atoms with van der Waals surface area (Å²) < 4.78 is 33.4. The lowest BCUT2D eigenvalue weighted by molar-refractivity contribution is 0.110. The largest absolute Gasteiger partial charge is 0.379 e. The van der Waals surface area contributed by atoms with Crippen molar-refractivity contribution in [1.29, 1.82) is 0 Å². The summed E-state index contributed by atoms with van der Waals surface area (Å²) in [5.74, 6) is 0.800. The van der Waals surface area contributed by atoms with Gasteiger partial charge in [0, 0.05) is 31.8 Å². The van der Waals surface area contributed by atoms with Gasteiger partial charge in [0.05, 0.1) is 6.10 Å². The maximum Gasteiger partial charge on any atom is 0.332 e. The number of hydrogen-bond donors (Lipinski definition) is 2. The Morgan fingerprint density at radius 1 is 1.25 bits per heavy atom. The lowest BCUT2D eigenvalue weighted by atomic mass is 9.82. The van der Waals surface area contributed by atoms with E-state index in [9.17, 15) is 13.2 Å². The first-order valence-electron chi connectivity index (χ1n) is 10.4. The van der Waals surface area contributed by atoms with Crippen LogP contribution in [0.15, 0.2) is 22.9 Å². The summed E-state index contributed by atoms with van der Waals surface area (Å²) in [4.78, 5) is 14.7. The Labute approximate surface area is 167 Å². The molecular formula is C20H31N3O4S. The van der Waals surface area contributed by atoms with Crippen molar-refractivity contribution in [2.45, 2.75) is 56.8 Å². The molecule has 0 radical (unpaired) electrons. The van der Waals surface area contributed by atoms with Crippen LogP contribution in [0.3, 0.4) is 0 Å². The van der Waals surface area contributed by atoms with E-state index in [4.69, 9.17) is 4.74 Å². The average Bonchev–Trinajstić information content (AvgIpc) is 3.39. The van der Waals surface area contributed by atoms with Gasteiger partial charge < -0.3 is 10.1 Å². The molecule has 0 aromatic carbocycles. The number of amides is 2. The number of likely N-dealkylation sites (tertiary alicyclic amines) is 1. The number of allylic oxidation sites excluding steroid dienone is 4. The summed E-state index contributed by atoms with van der Waals surface area (Å²) in [5.41, 5.74) is 3.56. The summed E-state index contributed by atoms with van der Waals surface area (Å²) >= 11 is 0. The number of hydrogen-bond acceptors (Lipinski definition) is 5. The number of likely N-dealkylation sites (N-methyl/N-ethyl adjacent to an activating group) is 1. The van der Waals surface area contributed by atoms with Crippen LogP contribution in [-0.4, -0.2) is 57.4 Å². The zero-order chi connectivity index (χ0) is 19.9. The Bertz CT molecular complexity index is 804. The second-order valence-corrected chi connectivity index (χ2v) is 10.3. The lowest BCUT2D eigenvalue weighted by Crippen LogP contribution is -2.48. The summed E-state index contributed by atoms with van der Waals surface area (Å²) in [7, 11) is -2.30. The van der Waals surface area contributed by atoms with Crippen molar-refractivity contribution < 1.29 is 17.9 Å². The standard InChI is InChI=1S/C20H31N3O4S/c1-3-23-11-17(27-2)18(12-23)28(25,26)22-20(24)21-19-15-8-4-6-13(15)10-14-7-5-9-16(14)19/h10,13,15,17-18H,3-9,11-12H2,1-2H3,(H2,21,22,24). The molecule has 4 atom stereocenters. The average molecular weight is 410 g/mol. The first-order chi connectivity index (χ1) is 13.4. The molecule has 1 aliphatic heterocycles. The highest BCUT2D eigenvalue weighted by atomic mass is 32.2. The molecular weight excluding hydrogens is 378 g/mol. The number of sulfonamides is 1. The van der Waals surface area contributed by atoms with Gasteiger partial charge in [-0.3, -0.25) is 4.90 Å². The maximum atomic E-state index is 12.9. The minimum absolute atomic E-state index is 0.319. The van der Waals surface area contributed by atoms with Gasteiger partial charge in [-0.25, -0.2) is 17.9 Å². The van der Waals surface area contributed by atoms with Gasteiger partial charge in [0.2, 0.25) is 10.0 Å². The minimum Gasteiger partial charge on any atom is -0.379 e. The zero-order valence-corrected chi connectivity index (χ0v) is 17.6. The third kappa shape index (κ3) is 3.62. The first-order valence-corrected chi connectivity index (χ1v) is 12.0. The van der Waals surface area contributed by atoms with Crippen LogP contribution in [0.25, 0.3) is 0 Å². The molecule has 2 saturated carbocycles. The van der Waals surface area contributed by atoms with Gasteiger partial charge in [-0.2, -0.15) is 0 Å². The number of carbonyl (C=O) groups excluding carboxylic acids is 1. The van der Waals surface area contributed by atoms with E-state index >= 15 is 0 Å². The van der Waals surface area contributed by atoms with Crippen molar-refractivity contribution in [2.24, 2.45) is 11.8 Å². The molecule has 4 aliphatic rings. The molecule has 0 aromatic heterocycles. The van der Waals surface area contributed by atoms with Crippen molar-refractivity contribution in [3.05, 3.63) is 22.9 Å². The van der Waals surface area contributed by atoms with Crippen molar-refractivity contribution in [3.8, 4) is 0 Å².